The molecular weight excluding hydrogens is 484 g/mol. The van der Waals surface area contributed by atoms with Crippen molar-refractivity contribution in [1.82, 2.24) is 4.90 Å². The number of ether oxygens (including phenoxy) is 2. The molecule has 38 heavy (non-hydrogen) atoms. The van der Waals surface area contributed by atoms with Crippen LogP contribution in [0, 0.1) is 6.92 Å². The van der Waals surface area contributed by atoms with E-state index in [2.05, 4.69) is 17.3 Å². The van der Waals surface area contributed by atoms with Gasteiger partial charge in [-0.15, -0.1) is 0 Å². The molecule has 2 aromatic carbocycles. The zero-order chi connectivity index (χ0) is 27.4. The SMILES string of the molecule is CC(=O)Oc1ccc(C(=O)Nc2cc3ccc(OC4CCN(C)CC4)c(C)c3oc2=O)cc1CC=C(C)C. The summed E-state index contributed by atoms with van der Waals surface area (Å²) in [6.07, 6.45) is 4.49. The number of esters is 1. The first kappa shape index (κ1) is 27.1. The lowest BCUT2D eigenvalue weighted by atomic mass is 10.0. The van der Waals surface area contributed by atoms with E-state index in [-0.39, 0.29) is 11.8 Å². The van der Waals surface area contributed by atoms with Gasteiger partial charge in [0.2, 0.25) is 0 Å². The Balaban J connectivity index is 1.56. The maximum absolute atomic E-state index is 13.1. The molecule has 1 aromatic heterocycles. The predicted molar refractivity (Wildman–Crippen MR) is 147 cm³/mol. The average molecular weight is 519 g/mol. The Labute approximate surface area is 222 Å². The minimum Gasteiger partial charge on any atom is -0.490 e. The fourth-order valence-corrected chi connectivity index (χ4v) is 4.45. The molecule has 8 nitrogen and oxygen atoms in total. The molecule has 1 aliphatic rings. The largest absolute Gasteiger partial charge is 0.490 e. The fourth-order valence-electron chi connectivity index (χ4n) is 4.45. The average Bonchev–Trinajstić information content (AvgIpc) is 2.87. The number of anilines is 1. The standard InChI is InChI=1S/C30H34N2O6/c1-18(2)6-7-21-16-23(9-11-27(21)36-20(4)33)29(34)31-25-17-22-8-10-26(19(3)28(22)38-30(25)35)37-24-12-14-32(5)15-13-24/h6,8-11,16-17,24H,7,12-15H2,1-5H3,(H,31,34). The molecule has 4 rings (SSSR count). The van der Waals surface area contributed by atoms with Crippen LogP contribution in [0.15, 0.2) is 57.3 Å². The van der Waals surface area contributed by atoms with Crippen LogP contribution in [0.2, 0.25) is 0 Å². The smallest absolute Gasteiger partial charge is 0.360 e. The first-order valence-electron chi connectivity index (χ1n) is 12.8. The van der Waals surface area contributed by atoms with E-state index in [0.717, 1.165) is 37.1 Å². The Morgan fingerprint density at radius 3 is 2.47 bits per heavy atom. The number of likely N-dealkylation sites (tertiary alicyclic amines) is 1. The third kappa shape index (κ3) is 6.50. The summed E-state index contributed by atoms with van der Waals surface area (Å²) in [6.45, 7) is 9.10. The van der Waals surface area contributed by atoms with Crippen LogP contribution in [-0.2, 0) is 11.2 Å². The zero-order valence-corrected chi connectivity index (χ0v) is 22.6. The summed E-state index contributed by atoms with van der Waals surface area (Å²) in [5, 5.41) is 3.35. The maximum Gasteiger partial charge on any atom is 0.360 e. The van der Waals surface area contributed by atoms with E-state index in [0.29, 0.717) is 40.0 Å². The van der Waals surface area contributed by atoms with Gasteiger partial charge in [-0.1, -0.05) is 11.6 Å². The summed E-state index contributed by atoms with van der Waals surface area (Å²) in [6, 6.07) is 10.1. The van der Waals surface area contributed by atoms with E-state index in [1.165, 1.54) is 6.92 Å². The second kappa shape index (κ2) is 11.6. The number of nitrogens with zero attached hydrogens (tertiary/aromatic N) is 1. The molecule has 1 aliphatic heterocycles. The highest BCUT2D eigenvalue weighted by Gasteiger charge is 2.20. The summed E-state index contributed by atoms with van der Waals surface area (Å²) in [5.41, 5.74) is 2.70. The molecule has 1 amide bonds. The number of hydrogen-bond donors (Lipinski definition) is 1. The number of allylic oxidation sites excluding steroid dienone is 2. The summed E-state index contributed by atoms with van der Waals surface area (Å²) in [5.74, 6) is 0.183. The van der Waals surface area contributed by atoms with Crippen molar-refractivity contribution in [2.24, 2.45) is 0 Å². The summed E-state index contributed by atoms with van der Waals surface area (Å²) >= 11 is 0. The van der Waals surface area contributed by atoms with E-state index in [4.69, 9.17) is 13.9 Å². The summed E-state index contributed by atoms with van der Waals surface area (Å²) in [7, 11) is 2.10. The Bertz CT molecular complexity index is 1440. The van der Waals surface area contributed by atoms with Gasteiger partial charge >= 0.3 is 11.6 Å². The van der Waals surface area contributed by atoms with Crippen molar-refractivity contribution in [2.45, 2.75) is 53.1 Å². The topological polar surface area (TPSA) is 98.1 Å². The van der Waals surface area contributed by atoms with E-state index in [1.807, 2.05) is 39.0 Å². The number of nitrogens with one attached hydrogen (secondary N) is 1. The molecule has 0 atom stereocenters. The highest BCUT2D eigenvalue weighted by atomic mass is 16.5. The molecule has 0 bridgehead atoms. The highest BCUT2D eigenvalue weighted by molar-refractivity contribution is 6.05. The number of aryl methyl sites for hydroxylation is 1. The minimum atomic E-state index is -0.647. The lowest BCUT2D eigenvalue weighted by Gasteiger charge is -2.29. The molecule has 0 saturated carbocycles. The minimum absolute atomic E-state index is 0.0424. The van der Waals surface area contributed by atoms with E-state index >= 15 is 0 Å². The van der Waals surface area contributed by atoms with Gasteiger partial charge in [-0.3, -0.25) is 9.59 Å². The number of hydrogen-bond acceptors (Lipinski definition) is 7. The molecule has 0 aliphatic carbocycles. The molecule has 0 radical (unpaired) electrons. The van der Waals surface area contributed by atoms with E-state index < -0.39 is 17.5 Å². The van der Waals surface area contributed by atoms with Crippen molar-refractivity contribution in [1.29, 1.82) is 0 Å². The zero-order valence-electron chi connectivity index (χ0n) is 22.6. The number of fused-ring (bicyclic) bond motifs is 1. The van der Waals surface area contributed by atoms with Crippen LogP contribution in [-0.4, -0.2) is 43.0 Å². The first-order valence-corrected chi connectivity index (χ1v) is 12.8. The molecule has 1 N–H and O–H groups in total. The van der Waals surface area contributed by atoms with Gasteiger partial charge in [0.1, 0.15) is 28.9 Å². The van der Waals surface area contributed by atoms with Gasteiger partial charge in [-0.05, 0) is 89.0 Å². The van der Waals surface area contributed by atoms with Crippen LogP contribution in [0.4, 0.5) is 5.69 Å². The number of rotatable bonds is 7. The number of piperidine rings is 1. The Kier molecular flexibility index (Phi) is 8.32. The van der Waals surface area contributed by atoms with Crippen molar-refractivity contribution in [2.75, 3.05) is 25.5 Å². The third-order valence-corrected chi connectivity index (χ3v) is 6.62. The van der Waals surface area contributed by atoms with E-state index in [1.54, 1.807) is 24.3 Å². The predicted octanol–water partition coefficient (Wildman–Crippen LogP) is 5.26. The van der Waals surface area contributed by atoms with Crippen molar-refractivity contribution in [3.63, 3.8) is 0 Å². The van der Waals surface area contributed by atoms with Gasteiger partial charge in [0.15, 0.2) is 0 Å². The summed E-state index contributed by atoms with van der Waals surface area (Å²) in [4.78, 5) is 39.6. The molecule has 0 spiro atoms. The van der Waals surface area contributed by atoms with Crippen LogP contribution in [0.5, 0.6) is 11.5 Å². The van der Waals surface area contributed by atoms with Crippen LogP contribution < -0.4 is 20.4 Å². The Hall–Kier alpha value is -3.91. The molecule has 2 heterocycles. The molecule has 3 aromatic rings. The molecule has 200 valence electrons. The molecular formula is C30H34N2O6. The summed E-state index contributed by atoms with van der Waals surface area (Å²) < 4.78 is 17.1. The van der Waals surface area contributed by atoms with Gasteiger partial charge in [0.05, 0.1) is 0 Å². The molecule has 1 saturated heterocycles. The van der Waals surface area contributed by atoms with Crippen LogP contribution >= 0.6 is 0 Å². The van der Waals surface area contributed by atoms with Crippen molar-refractivity contribution in [3.8, 4) is 11.5 Å². The highest BCUT2D eigenvalue weighted by Crippen LogP contribution is 2.30. The Morgan fingerprint density at radius 1 is 1.08 bits per heavy atom. The van der Waals surface area contributed by atoms with Crippen molar-refractivity contribution >= 4 is 28.5 Å². The number of benzene rings is 2. The lowest BCUT2D eigenvalue weighted by molar-refractivity contribution is -0.131. The fraction of sp³-hybridized carbons (Fsp3) is 0.367. The van der Waals surface area contributed by atoms with Crippen LogP contribution in [0.25, 0.3) is 11.0 Å². The van der Waals surface area contributed by atoms with Gasteiger partial charge in [0.25, 0.3) is 5.91 Å². The number of carbonyl (C=O) groups is 2. The first-order chi connectivity index (χ1) is 18.1. The van der Waals surface area contributed by atoms with Crippen LogP contribution in [0.3, 0.4) is 0 Å². The second-order valence-corrected chi connectivity index (χ2v) is 10.0. The van der Waals surface area contributed by atoms with Gasteiger partial charge in [-0.2, -0.15) is 0 Å². The molecule has 0 unspecified atom stereocenters. The quantitative estimate of drug-likeness (QED) is 0.197. The monoisotopic (exact) mass is 518 g/mol. The van der Waals surface area contributed by atoms with E-state index in [9.17, 15) is 14.4 Å². The van der Waals surface area contributed by atoms with Crippen molar-refractivity contribution < 1.29 is 23.5 Å². The third-order valence-electron chi connectivity index (χ3n) is 6.62. The maximum atomic E-state index is 13.1. The Morgan fingerprint density at radius 2 is 1.79 bits per heavy atom. The molecule has 1 fully saturated rings. The van der Waals surface area contributed by atoms with Gasteiger partial charge in [0, 0.05) is 36.5 Å². The van der Waals surface area contributed by atoms with Gasteiger partial charge in [-0.25, -0.2) is 4.79 Å². The second-order valence-electron chi connectivity index (χ2n) is 10.0. The van der Waals surface area contributed by atoms with Gasteiger partial charge < -0.3 is 24.1 Å². The van der Waals surface area contributed by atoms with Crippen molar-refractivity contribution in [3.05, 3.63) is 75.2 Å². The molecule has 8 heteroatoms. The normalized spacial score (nSPS) is 14.2. The number of carbonyl (C=O) groups excluding carboxylic acids is 2. The lowest BCUT2D eigenvalue weighted by Crippen LogP contribution is -2.35. The number of amides is 1. The van der Waals surface area contributed by atoms with Crippen LogP contribution in [0.1, 0.15) is 55.1 Å².